The van der Waals surface area contributed by atoms with Gasteiger partial charge in [-0.15, -0.1) is 0 Å². The Hall–Kier alpha value is -2.01. The Bertz CT molecular complexity index is 681. The van der Waals surface area contributed by atoms with Crippen molar-refractivity contribution in [3.63, 3.8) is 0 Å². The van der Waals surface area contributed by atoms with Crippen LogP contribution in [0.1, 0.15) is 48.5 Å². The topological polar surface area (TPSA) is 67.9 Å². The molecule has 0 saturated heterocycles. The quantitative estimate of drug-likeness (QED) is 0.934. The normalized spacial score (nSPS) is 17.5. The Morgan fingerprint density at radius 3 is 3.24 bits per heavy atom. The minimum Gasteiger partial charge on any atom is -0.374 e. The SMILES string of the molecule is CCOCc1nc(C2CCCc3cccnc32)cc(=O)[nH]1. The van der Waals surface area contributed by atoms with E-state index in [0.29, 0.717) is 19.0 Å². The number of aromatic amines is 1. The lowest BCUT2D eigenvalue weighted by molar-refractivity contribution is 0.128. The van der Waals surface area contributed by atoms with Crippen LogP contribution in [0.4, 0.5) is 0 Å². The molecule has 1 N–H and O–H groups in total. The van der Waals surface area contributed by atoms with Crippen LogP contribution in [-0.2, 0) is 17.8 Å². The van der Waals surface area contributed by atoms with Gasteiger partial charge in [0.05, 0.1) is 11.4 Å². The van der Waals surface area contributed by atoms with Gasteiger partial charge in [0.2, 0.25) is 0 Å². The summed E-state index contributed by atoms with van der Waals surface area (Å²) >= 11 is 0. The largest absolute Gasteiger partial charge is 0.374 e. The van der Waals surface area contributed by atoms with E-state index >= 15 is 0 Å². The zero-order valence-electron chi connectivity index (χ0n) is 12.1. The van der Waals surface area contributed by atoms with Crippen molar-refractivity contribution in [3.05, 3.63) is 57.5 Å². The van der Waals surface area contributed by atoms with Gasteiger partial charge in [-0.25, -0.2) is 4.98 Å². The molecule has 0 aliphatic heterocycles. The van der Waals surface area contributed by atoms with Gasteiger partial charge in [0.15, 0.2) is 0 Å². The van der Waals surface area contributed by atoms with Gasteiger partial charge < -0.3 is 9.72 Å². The molecule has 2 aromatic rings. The second kappa shape index (κ2) is 6.18. The third-order valence-corrected chi connectivity index (χ3v) is 3.81. The number of hydrogen-bond donors (Lipinski definition) is 1. The molecule has 0 radical (unpaired) electrons. The number of nitrogens with zero attached hydrogens (tertiary/aromatic N) is 2. The first-order valence-corrected chi connectivity index (χ1v) is 7.39. The molecular formula is C16H19N3O2. The molecule has 21 heavy (non-hydrogen) atoms. The van der Waals surface area contributed by atoms with Crippen molar-refractivity contribution < 1.29 is 4.74 Å². The highest BCUT2D eigenvalue weighted by Crippen LogP contribution is 2.33. The highest BCUT2D eigenvalue weighted by atomic mass is 16.5. The predicted molar refractivity (Wildman–Crippen MR) is 79.2 cm³/mol. The summed E-state index contributed by atoms with van der Waals surface area (Å²) in [5.74, 6) is 0.694. The van der Waals surface area contributed by atoms with Gasteiger partial charge in [0.25, 0.3) is 5.56 Å². The second-order valence-corrected chi connectivity index (χ2v) is 5.25. The fourth-order valence-corrected chi connectivity index (χ4v) is 2.87. The van der Waals surface area contributed by atoms with Crippen LogP contribution in [-0.4, -0.2) is 21.6 Å². The lowest BCUT2D eigenvalue weighted by atomic mass is 9.84. The summed E-state index contributed by atoms with van der Waals surface area (Å²) < 4.78 is 5.34. The number of ether oxygens (including phenoxy) is 1. The van der Waals surface area contributed by atoms with Gasteiger partial charge in [0.1, 0.15) is 12.4 Å². The highest BCUT2D eigenvalue weighted by Gasteiger charge is 2.24. The van der Waals surface area contributed by atoms with Gasteiger partial charge in [0, 0.05) is 24.8 Å². The van der Waals surface area contributed by atoms with Crippen LogP contribution in [0.3, 0.4) is 0 Å². The molecule has 1 aliphatic rings. The van der Waals surface area contributed by atoms with Gasteiger partial charge >= 0.3 is 0 Å². The van der Waals surface area contributed by atoms with E-state index in [9.17, 15) is 4.79 Å². The first-order valence-electron chi connectivity index (χ1n) is 7.39. The van der Waals surface area contributed by atoms with Crippen LogP contribution >= 0.6 is 0 Å². The summed E-state index contributed by atoms with van der Waals surface area (Å²) in [6, 6.07) is 5.67. The number of aromatic nitrogens is 3. The number of nitrogens with one attached hydrogen (secondary N) is 1. The van der Waals surface area contributed by atoms with Crippen LogP contribution in [0.25, 0.3) is 0 Å². The van der Waals surface area contributed by atoms with Gasteiger partial charge in [-0.1, -0.05) is 6.07 Å². The predicted octanol–water partition coefficient (Wildman–Crippen LogP) is 2.17. The summed E-state index contributed by atoms with van der Waals surface area (Å²) in [6.07, 6.45) is 4.94. The number of hydrogen-bond acceptors (Lipinski definition) is 4. The van der Waals surface area contributed by atoms with E-state index in [1.807, 2.05) is 19.2 Å². The minimum atomic E-state index is -0.127. The van der Waals surface area contributed by atoms with Gasteiger partial charge in [-0.05, 0) is 37.8 Å². The fourth-order valence-electron chi connectivity index (χ4n) is 2.87. The number of rotatable bonds is 4. The van der Waals surface area contributed by atoms with Crippen molar-refractivity contribution >= 4 is 0 Å². The summed E-state index contributed by atoms with van der Waals surface area (Å²) in [5, 5.41) is 0. The summed E-state index contributed by atoms with van der Waals surface area (Å²) in [7, 11) is 0. The van der Waals surface area contributed by atoms with E-state index in [1.165, 1.54) is 5.56 Å². The van der Waals surface area contributed by atoms with Crippen LogP contribution in [0.2, 0.25) is 0 Å². The molecule has 2 aromatic heterocycles. The standard InChI is InChI=1S/C16H19N3O2/c1-2-21-10-14-18-13(9-15(20)19-14)12-7-3-5-11-6-4-8-17-16(11)12/h4,6,8-9,12H,2-3,5,7,10H2,1H3,(H,18,19,20). The van der Waals surface area contributed by atoms with Crippen LogP contribution < -0.4 is 5.56 Å². The van der Waals surface area contributed by atoms with Gasteiger partial charge in [-0.3, -0.25) is 9.78 Å². The molecule has 0 fully saturated rings. The maximum atomic E-state index is 11.9. The average Bonchev–Trinajstić information content (AvgIpc) is 2.52. The summed E-state index contributed by atoms with van der Waals surface area (Å²) in [6.45, 7) is 2.85. The second-order valence-electron chi connectivity index (χ2n) is 5.25. The van der Waals surface area contributed by atoms with E-state index in [1.54, 1.807) is 6.07 Å². The molecule has 0 amide bonds. The number of fused-ring (bicyclic) bond motifs is 1. The van der Waals surface area contributed by atoms with Crippen molar-refractivity contribution in [2.24, 2.45) is 0 Å². The third-order valence-electron chi connectivity index (χ3n) is 3.81. The Morgan fingerprint density at radius 1 is 1.48 bits per heavy atom. The summed E-state index contributed by atoms with van der Waals surface area (Å²) in [4.78, 5) is 23.7. The molecule has 1 unspecified atom stereocenters. The molecule has 110 valence electrons. The zero-order chi connectivity index (χ0) is 14.7. The fraction of sp³-hybridized carbons (Fsp3) is 0.438. The molecule has 0 saturated carbocycles. The van der Waals surface area contributed by atoms with Crippen molar-refractivity contribution in [1.82, 2.24) is 15.0 Å². The molecule has 2 heterocycles. The molecule has 0 spiro atoms. The number of H-pyrrole nitrogens is 1. The van der Waals surface area contributed by atoms with Crippen molar-refractivity contribution in [1.29, 1.82) is 0 Å². The highest BCUT2D eigenvalue weighted by molar-refractivity contribution is 5.32. The molecule has 1 atom stereocenters. The smallest absolute Gasteiger partial charge is 0.251 e. The van der Waals surface area contributed by atoms with Crippen LogP contribution in [0.15, 0.2) is 29.2 Å². The molecule has 5 heteroatoms. The average molecular weight is 285 g/mol. The van der Waals surface area contributed by atoms with E-state index in [0.717, 1.165) is 30.7 Å². The Labute approximate surface area is 123 Å². The molecular weight excluding hydrogens is 266 g/mol. The lowest BCUT2D eigenvalue weighted by Gasteiger charge is -2.23. The van der Waals surface area contributed by atoms with Gasteiger partial charge in [-0.2, -0.15) is 0 Å². The van der Waals surface area contributed by atoms with E-state index < -0.39 is 0 Å². The van der Waals surface area contributed by atoms with Crippen LogP contribution in [0.5, 0.6) is 0 Å². The molecule has 5 nitrogen and oxygen atoms in total. The van der Waals surface area contributed by atoms with Crippen LogP contribution in [0, 0.1) is 0 Å². The Balaban J connectivity index is 1.97. The summed E-state index contributed by atoms with van der Waals surface area (Å²) in [5.41, 5.74) is 3.00. The third kappa shape index (κ3) is 3.03. The zero-order valence-corrected chi connectivity index (χ0v) is 12.1. The first-order chi connectivity index (χ1) is 10.3. The lowest BCUT2D eigenvalue weighted by Crippen LogP contribution is -2.19. The van der Waals surface area contributed by atoms with Crippen molar-refractivity contribution in [2.45, 2.75) is 38.7 Å². The maximum absolute atomic E-state index is 11.9. The van der Waals surface area contributed by atoms with Crippen molar-refractivity contribution in [3.8, 4) is 0 Å². The van der Waals surface area contributed by atoms with Crippen molar-refractivity contribution in [2.75, 3.05) is 6.61 Å². The molecule has 0 aromatic carbocycles. The Kier molecular flexibility index (Phi) is 4.10. The van der Waals surface area contributed by atoms with E-state index in [2.05, 4.69) is 21.0 Å². The molecule has 1 aliphatic carbocycles. The maximum Gasteiger partial charge on any atom is 0.251 e. The monoisotopic (exact) mass is 285 g/mol. The number of aryl methyl sites for hydroxylation is 1. The Morgan fingerprint density at radius 2 is 2.38 bits per heavy atom. The number of pyridine rings is 1. The molecule has 3 rings (SSSR count). The minimum absolute atomic E-state index is 0.109. The van der Waals surface area contributed by atoms with E-state index in [4.69, 9.17) is 4.74 Å². The molecule has 0 bridgehead atoms. The first kappa shape index (κ1) is 13.9. The van der Waals surface area contributed by atoms with E-state index in [-0.39, 0.29) is 11.5 Å².